The van der Waals surface area contributed by atoms with Crippen LogP contribution in [0.4, 0.5) is 0 Å². The largest absolute Gasteiger partial charge is 1.00 e. The number of fused-ring (bicyclic) bond motifs is 2. The van der Waals surface area contributed by atoms with Crippen LogP contribution in [0.2, 0.25) is 0 Å². The fraction of sp³-hybridized carbons (Fsp3) is 0. The van der Waals surface area contributed by atoms with Gasteiger partial charge in [-0.05, 0) is 5.56 Å². The first-order chi connectivity index (χ1) is 8.74. The highest BCUT2D eigenvalue weighted by molar-refractivity contribution is 6.29. The van der Waals surface area contributed by atoms with Crippen molar-refractivity contribution in [2.24, 2.45) is 0 Å². The van der Waals surface area contributed by atoms with Crippen LogP contribution in [0.5, 0.6) is 0 Å². The highest BCUT2D eigenvalue weighted by Gasteiger charge is 2.30. The van der Waals surface area contributed by atoms with Gasteiger partial charge < -0.3 is 0 Å². The minimum absolute atomic E-state index is 0. The first kappa shape index (κ1) is 10.7. The van der Waals surface area contributed by atoms with E-state index in [2.05, 4.69) is 6.58 Å². The Kier molecular flexibility index (Phi) is 2.23. The van der Waals surface area contributed by atoms with Gasteiger partial charge in [0.25, 0.3) is 0 Å². The zero-order valence-corrected chi connectivity index (χ0v) is 9.64. The number of carbonyl (C=O) groups excluding carboxylic acids is 2. The Hall–Kier alpha value is -2.48. The standard InChI is InChI=1S/C16H10O2/c1-2-10-6-5-9-13-14(10)16(18)12-8-4-3-7-11(12)15(13)17/h2-9H,1H2/p+1. The minimum Gasteiger partial charge on any atom is -0.289 e. The van der Waals surface area contributed by atoms with Crippen LogP contribution < -0.4 is 0 Å². The predicted molar refractivity (Wildman–Crippen MR) is 71.0 cm³/mol. The summed E-state index contributed by atoms with van der Waals surface area (Å²) in [5.74, 6) is -0.195. The van der Waals surface area contributed by atoms with Crippen molar-refractivity contribution in [1.82, 2.24) is 0 Å². The summed E-state index contributed by atoms with van der Waals surface area (Å²) in [4.78, 5) is 24.8. The Balaban J connectivity index is 0.00000133. The maximum absolute atomic E-state index is 12.4. The molecule has 0 aliphatic heterocycles. The molecule has 0 heterocycles. The number of benzene rings is 2. The van der Waals surface area contributed by atoms with Gasteiger partial charge in [-0.1, -0.05) is 55.1 Å². The van der Waals surface area contributed by atoms with Crippen molar-refractivity contribution in [3.8, 4) is 0 Å². The van der Waals surface area contributed by atoms with Gasteiger partial charge in [-0.3, -0.25) is 9.59 Å². The Morgan fingerprint density at radius 3 is 2.11 bits per heavy atom. The topological polar surface area (TPSA) is 34.1 Å². The van der Waals surface area contributed by atoms with Gasteiger partial charge in [-0.15, -0.1) is 0 Å². The lowest BCUT2D eigenvalue weighted by molar-refractivity contribution is 0.0979. The van der Waals surface area contributed by atoms with Crippen molar-refractivity contribution in [3.63, 3.8) is 0 Å². The van der Waals surface area contributed by atoms with Crippen molar-refractivity contribution < 1.29 is 11.0 Å². The fourth-order valence-corrected chi connectivity index (χ4v) is 2.34. The Morgan fingerprint density at radius 1 is 0.833 bits per heavy atom. The predicted octanol–water partition coefficient (Wildman–Crippen LogP) is 3.22. The first-order valence-corrected chi connectivity index (χ1v) is 5.68. The van der Waals surface area contributed by atoms with Crippen molar-refractivity contribution in [2.45, 2.75) is 0 Å². The molecule has 0 aromatic heterocycles. The zero-order chi connectivity index (χ0) is 12.7. The van der Waals surface area contributed by atoms with E-state index in [1.165, 1.54) is 0 Å². The van der Waals surface area contributed by atoms with E-state index < -0.39 is 0 Å². The molecule has 18 heavy (non-hydrogen) atoms. The maximum Gasteiger partial charge on any atom is 1.00 e. The van der Waals surface area contributed by atoms with Crippen LogP contribution in [0.3, 0.4) is 0 Å². The summed E-state index contributed by atoms with van der Waals surface area (Å²) in [6, 6.07) is 12.2. The monoisotopic (exact) mass is 235 g/mol. The fourth-order valence-electron chi connectivity index (χ4n) is 2.34. The van der Waals surface area contributed by atoms with Gasteiger partial charge in [-0.2, -0.15) is 0 Å². The second-order valence-corrected chi connectivity index (χ2v) is 4.18. The molecular formula is C16H11O2+. The quantitative estimate of drug-likeness (QED) is 0.649. The lowest BCUT2D eigenvalue weighted by Gasteiger charge is -2.18. The van der Waals surface area contributed by atoms with Crippen molar-refractivity contribution in [1.29, 1.82) is 0 Å². The Labute approximate surface area is 106 Å². The normalized spacial score (nSPS) is 12.9. The van der Waals surface area contributed by atoms with Gasteiger partial charge in [0.15, 0.2) is 11.6 Å². The molecule has 0 N–H and O–H groups in total. The van der Waals surface area contributed by atoms with Crippen LogP contribution in [0.15, 0.2) is 49.0 Å². The molecule has 0 radical (unpaired) electrons. The molecule has 2 heteroatoms. The molecule has 0 unspecified atom stereocenters. The molecule has 3 rings (SSSR count). The van der Waals surface area contributed by atoms with Crippen LogP contribution >= 0.6 is 0 Å². The van der Waals surface area contributed by atoms with Gasteiger partial charge in [0.05, 0.1) is 0 Å². The molecule has 1 aliphatic rings. The van der Waals surface area contributed by atoms with E-state index in [0.29, 0.717) is 27.8 Å². The Bertz CT molecular complexity index is 702. The van der Waals surface area contributed by atoms with E-state index in [0.717, 1.165) is 0 Å². The lowest BCUT2D eigenvalue weighted by Crippen LogP contribution is -2.21. The van der Waals surface area contributed by atoms with E-state index in [9.17, 15) is 9.59 Å². The molecule has 0 atom stereocenters. The van der Waals surface area contributed by atoms with Crippen LogP contribution in [-0.2, 0) is 0 Å². The van der Waals surface area contributed by atoms with Crippen LogP contribution in [0.1, 0.15) is 38.8 Å². The molecule has 0 saturated carbocycles. The van der Waals surface area contributed by atoms with E-state index in [-0.39, 0.29) is 13.0 Å². The molecule has 0 amide bonds. The summed E-state index contributed by atoms with van der Waals surface area (Å²) in [5, 5.41) is 0. The van der Waals surface area contributed by atoms with Crippen LogP contribution in [0.25, 0.3) is 6.08 Å². The summed E-state index contributed by atoms with van der Waals surface area (Å²) in [5.41, 5.74) is 2.60. The van der Waals surface area contributed by atoms with Gasteiger partial charge >= 0.3 is 1.43 Å². The molecule has 0 saturated heterocycles. The summed E-state index contributed by atoms with van der Waals surface area (Å²) in [7, 11) is 0. The molecule has 2 nitrogen and oxygen atoms in total. The molecule has 2 aromatic rings. The molecule has 0 spiro atoms. The third kappa shape index (κ3) is 1.29. The third-order valence-corrected chi connectivity index (χ3v) is 3.20. The van der Waals surface area contributed by atoms with Gasteiger partial charge in [0.2, 0.25) is 0 Å². The number of ketones is 2. The Morgan fingerprint density at radius 2 is 1.44 bits per heavy atom. The average molecular weight is 235 g/mol. The SMILES string of the molecule is C=Cc1cccc2c1C(=O)c1ccccc1C2=O.[H+]. The number of carbonyl (C=O) groups is 2. The second kappa shape index (κ2) is 3.77. The van der Waals surface area contributed by atoms with E-state index >= 15 is 0 Å². The van der Waals surface area contributed by atoms with Crippen molar-refractivity contribution in [2.75, 3.05) is 0 Å². The lowest BCUT2D eigenvalue weighted by atomic mass is 9.82. The number of hydrogen-bond acceptors (Lipinski definition) is 2. The first-order valence-electron chi connectivity index (χ1n) is 5.68. The smallest absolute Gasteiger partial charge is 0.289 e. The van der Waals surface area contributed by atoms with Gasteiger partial charge in [-0.25, -0.2) is 0 Å². The maximum atomic E-state index is 12.4. The highest BCUT2D eigenvalue weighted by Crippen LogP contribution is 2.29. The van der Waals surface area contributed by atoms with Gasteiger partial charge in [0.1, 0.15) is 0 Å². The molecule has 2 aromatic carbocycles. The average Bonchev–Trinajstić information content (AvgIpc) is 2.44. The summed E-state index contributed by atoms with van der Waals surface area (Å²) in [6.07, 6.45) is 1.61. The number of hydrogen-bond donors (Lipinski definition) is 0. The molecule has 0 bridgehead atoms. The third-order valence-electron chi connectivity index (χ3n) is 3.20. The number of rotatable bonds is 1. The zero-order valence-electron chi connectivity index (χ0n) is 10.6. The van der Waals surface area contributed by atoms with E-state index in [1.54, 1.807) is 48.5 Å². The van der Waals surface area contributed by atoms with Crippen molar-refractivity contribution in [3.05, 3.63) is 76.9 Å². The molecular weight excluding hydrogens is 224 g/mol. The molecule has 1 aliphatic carbocycles. The van der Waals surface area contributed by atoms with Gasteiger partial charge in [0, 0.05) is 22.3 Å². The summed E-state index contributed by atoms with van der Waals surface area (Å²) in [6.45, 7) is 3.69. The minimum atomic E-state index is -0.101. The molecule has 0 fully saturated rings. The van der Waals surface area contributed by atoms with E-state index in [1.807, 2.05) is 0 Å². The summed E-state index contributed by atoms with van der Waals surface area (Å²) < 4.78 is 0. The molecule has 86 valence electrons. The van der Waals surface area contributed by atoms with Crippen molar-refractivity contribution >= 4 is 17.6 Å². The van der Waals surface area contributed by atoms with Crippen LogP contribution in [-0.4, -0.2) is 11.6 Å². The summed E-state index contributed by atoms with van der Waals surface area (Å²) >= 11 is 0. The highest BCUT2D eigenvalue weighted by atomic mass is 16.1. The second-order valence-electron chi connectivity index (χ2n) is 4.18. The van der Waals surface area contributed by atoms with E-state index in [4.69, 9.17) is 0 Å². The van der Waals surface area contributed by atoms with Crippen LogP contribution in [0, 0.1) is 0 Å².